The monoisotopic (exact) mass is 329 g/mol. The summed E-state index contributed by atoms with van der Waals surface area (Å²) >= 11 is 3.05. The fourth-order valence-corrected chi connectivity index (χ4v) is 2.38. The van der Waals surface area contributed by atoms with Crippen LogP contribution >= 0.6 is 15.9 Å². The fraction of sp³-hybridized carbons (Fsp3) is 0.308. The summed E-state index contributed by atoms with van der Waals surface area (Å²) in [5.41, 5.74) is 6.60. The molecule has 0 unspecified atom stereocenters. The third kappa shape index (κ3) is 2.78. The van der Waals surface area contributed by atoms with Gasteiger partial charge in [-0.1, -0.05) is 29.8 Å². The molecule has 0 radical (unpaired) electrons. The second-order valence-corrected chi connectivity index (χ2v) is 5.72. The minimum absolute atomic E-state index is 0.122. The zero-order valence-corrected chi connectivity index (χ0v) is 12.2. The summed E-state index contributed by atoms with van der Waals surface area (Å²) in [4.78, 5) is 0. The van der Waals surface area contributed by atoms with Crippen molar-refractivity contribution < 1.29 is 8.78 Å². The Kier molecular flexibility index (Phi) is 3.89. The number of hydrogen-bond acceptors (Lipinski definition) is 2. The van der Waals surface area contributed by atoms with Crippen LogP contribution < -0.4 is 5.73 Å². The zero-order valence-electron chi connectivity index (χ0n) is 10.6. The molecule has 0 saturated heterocycles. The topological polar surface area (TPSA) is 54.7 Å². The van der Waals surface area contributed by atoms with Gasteiger partial charge in [-0.25, -0.2) is 8.78 Å². The van der Waals surface area contributed by atoms with Crippen molar-refractivity contribution in [2.24, 2.45) is 5.92 Å². The molecule has 6 heteroatoms. The van der Waals surface area contributed by atoms with Crippen LogP contribution in [0.2, 0.25) is 0 Å². The van der Waals surface area contributed by atoms with Gasteiger partial charge in [0.25, 0.3) is 0 Å². The molecule has 0 aliphatic carbocycles. The lowest BCUT2D eigenvalue weighted by atomic mass is 9.98. The van der Waals surface area contributed by atoms with Crippen LogP contribution in [0, 0.1) is 17.6 Å². The van der Waals surface area contributed by atoms with Crippen LogP contribution in [0.5, 0.6) is 0 Å². The van der Waals surface area contributed by atoms with Crippen molar-refractivity contribution in [1.82, 2.24) is 10.2 Å². The maximum atomic E-state index is 14.0. The Labute approximate surface area is 118 Å². The number of nitrogen functional groups attached to an aromatic ring is 1. The molecule has 0 atom stereocenters. The van der Waals surface area contributed by atoms with E-state index in [0.717, 1.165) is 0 Å². The molecule has 0 aliphatic rings. The quantitative estimate of drug-likeness (QED) is 0.897. The third-order valence-corrected chi connectivity index (χ3v) is 3.23. The molecule has 0 aliphatic heterocycles. The van der Waals surface area contributed by atoms with Gasteiger partial charge in [0.2, 0.25) is 0 Å². The summed E-state index contributed by atoms with van der Waals surface area (Å²) in [6.07, 6.45) is 0.604. The van der Waals surface area contributed by atoms with Gasteiger partial charge < -0.3 is 5.73 Å². The van der Waals surface area contributed by atoms with Crippen LogP contribution in [-0.4, -0.2) is 10.2 Å². The highest BCUT2D eigenvalue weighted by Gasteiger charge is 2.20. The normalized spacial score (nSPS) is 11.3. The molecule has 0 fully saturated rings. The Bertz CT molecular complexity index is 585. The standard InChI is InChI=1S/C13H14BrF2N3/c1-6(2)3-8-12(18-19-13(8)17)11-9(15)4-7(14)5-10(11)16/h4-6H,3H2,1-2H3,(H3,17,18,19). The summed E-state index contributed by atoms with van der Waals surface area (Å²) in [5, 5.41) is 6.48. The van der Waals surface area contributed by atoms with E-state index in [2.05, 4.69) is 26.1 Å². The SMILES string of the molecule is CC(C)Cc1c(N)n[nH]c1-c1c(F)cc(Br)cc1F. The largest absolute Gasteiger partial charge is 0.382 e. The van der Waals surface area contributed by atoms with Gasteiger partial charge in [0.15, 0.2) is 0 Å². The number of aromatic amines is 1. The first-order valence-corrected chi connectivity index (χ1v) is 6.67. The van der Waals surface area contributed by atoms with Crippen LogP contribution in [0.3, 0.4) is 0 Å². The smallest absolute Gasteiger partial charge is 0.149 e. The lowest BCUT2D eigenvalue weighted by Gasteiger charge is -2.09. The summed E-state index contributed by atoms with van der Waals surface area (Å²) in [5.74, 6) is -0.716. The lowest BCUT2D eigenvalue weighted by Crippen LogP contribution is -2.01. The third-order valence-electron chi connectivity index (χ3n) is 2.77. The average Bonchev–Trinajstić information content (AvgIpc) is 2.59. The minimum Gasteiger partial charge on any atom is -0.382 e. The van der Waals surface area contributed by atoms with E-state index in [1.807, 2.05) is 13.8 Å². The van der Waals surface area contributed by atoms with E-state index in [9.17, 15) is 8.78 Å². The van der Waals surface area contributed by atoms with E-state index in [0.29, 0.717) is 28.1 Å². The van der Waals surface area contributed by atoms with E-state index in [-0.39, 0.29) is 11.4 Å². The van der Waals surface area contributed by atoms with Gasteiger partial charge in [-0.3, -0.25) is 5.10 Å². The first-order chi connectivity index (χ1) is 8.90. The molecule has 19 heavy (non-hydrogen) atoms. The molecule has 1 heterocycles. The first-order valence-electron chi connectivity index (χ1n) is 5.87. The molecule has 0 saturated carbocycles. The van der Waals surface area contributed by atoms with Crippen LogP contribution in [0.15, 0.2) is 16.6 Å². The molecular weight excluding hydrogens is 316 g/mol. The predicted molar refractivity (Wildman–Crippen MR) is 74.6 cm³/mol. The lowest BCUT2D eigenvalue weighted by molar-refractivity contribution is 0.585. The molecule has 1 aromatic heterocycles. The first kappa shape index (κ1) is 14.0. The Morgan fingerprint density at radius 1 is 1.32 bits per heavy atom. The number of nitrogens with one attached hydrogen (secondary N) is 1. The number of halogens is 3. The second-order valence-electron chi connectivity index (χ2n) is 4.80. The van der Waals surface area contributed by atoms with Crippen molar-refractivity contribution in [3.8, 4) is 11.3 Å². The fourth-order valence-electron chi connectivity index (χ4n) is 1.98. The predicted octanol–water partition coefficient (Wildman–Crippen LogP) is 3.90. The van der Waals surface area contributed by atoms with Gasteiger partial charge in [-0.15, -0.1) is 0 Å². The van der Waals surface area contributed by atoms with Crippen LogP contribution in [-0.2, 0) is 6.42 Å². The number of H-pyrrole nitrogens is 1. The van der Waals surface area contributed by atoms with Crippen molar-refractivity contribution in [3.05, 3.63) is 33.8 Å². The van der Waals surface area contributed by atoms with E-state index in [1.54, 1.807) is 0 Å². The van der Waals surface area contributed by atoms with Gasteiger partial charge in [0.05, 0.1) is 11.3 Å². The number of aromatic nitrogens is 2. The van der Waals surface area contributed by atoms with E-state index < -0.39 is 11.6 Å². The van der Waals surface area contributed by atoms with Crippen molar-refractivity contribution in [1.29, 1.82) is 0 Å². The highest BCUT2D eigenvalue weighted by Crippen LogP contribution is 2.33. The Morgan fingerprint density at radius 2 is 1.89 bits per heavy atom. The second kappa shape index (κ2) is 5.28. The molecule has 2 rings (SSSR count). The van der Waals surface area contributed by atoms with Gasteiger partial charge in [-0.2, -0.15) is 5.10 Å². The summed E-state index contributed by atoms with van der Waals surface area (Å²) in [6, 6.07) is 2.43. The summed E-state index contributed by atoms with van der Waals surface area (Å²) in [7, 11) is 0. The molecule has 0 bridgehead atoms. The molecule has 3 N–H and O–H groups in total. The van der Waals surface area contributed by atoms with Gasteiger partial charge >= 0.3 is 0 Å². The van der Waals surface area contributed by atoms with Crippen LogP contribution in [0.1, 0.15) is 19.4 Å². The molecule has 0 spiro atoms. The average molecular weight is 330 g/mol. The molecular formula is C13H14BrF2N3. The van der Waals surface area contributed by atoms with Gasteiger partial charge in [0, 0.05) is 10.0 Å². The van der Waals surface area contributed by atoms with Crippen LogP contribution in [0.4, 0.5) is 14.6 Å². The van der Waals surface area contributed by atoms with Gasteiger partial charge in [0.1, 0.15) is 17.5 Å². The Balaban J connectivity index is 2.60. The molecule has 3 nitrogen and oxygen atoms in total. The van der Waals surface area contributed by atoms with Gasteiger partial charge in [-0.05, 0) is 24.5 Å². The van der Waals surface area contributed by atoms with E-state index in [1.165, 1.54) is 12.1 Å². The number of benzene rings is 1. The number of hydrogen-bond donors (Lipinski definition) is 2. The Hall–Kier alpha value is -1.43. The van der Waals surface area contributed by atoms with Crippen molar-refractivity contribution in [3.63, 3.8) is 0 Å². The number of rotatable bonds is 3. The van der Waals surface area contributed by atoms with Crippen molar-refractivity contribution >= 4 is 21.7 Å². The molecule has 102 valence electrons. The number of nitrogens with two attached hydrogens (primary N) is 1. The highest BCUT2D eigenvalue weighted by atomic mass is 79.9. The highest BCUT2D eigenvalue weighted by molar-refractivity contribution is 9.10. The van der Waals surface area contributed by atoms with Crippen molar-refractivity contribution in [2.75, 3.05) is 5.73 Å². The summed E-state index contributed by atoms with van der Waals surface area (Å²) in [6.45, 7) is 4.01. The van der Waals surface area contributed by atoms with Crippen LogP contribution in [0.25, 0.3) is 11.3 Å². The molecule has 0 amide bonds. The maximum absolute atomic E-state index is 14.0. The Morgan fingerprint density at radius 3 is 2.42 bits per heavy atom. The number of nitrogens with zero attached hydrogens (tertiary/aromatic N) is 1. The number of anilines is 1. The molecule has 1 aromatic carbocycles. The molecule has 2 aromatic rings. The van der Waals surface area contributed by atoms with Crippen molar-refractivity contribution in [2.45, 2.75) is 20.3 Å². The minimum atomic E-state index is -0.652. The zero-order chi connectivity index (χ0) is 14.2. The van der Waals surface area contributed by atoms with E-state index in [4.69, 9.17) is 5.73 Å². The maximum Gasteiger partial charge on any atom is 0.149 e. The summed E-state index contributed by atoms with van der Waals surface area (Å²) < 4.78 is 28.3. The van der Waals surface area contributed by atoms with E-state index >= 15 is 0 Å².